The van der Waals surface area contributed by atoms with Gasteiger partial charge < -0.3 is 20.8 Å². The van der Waals surface area contributed by atoms with Crippen molar-refractivity contribution in [2.45, 2.75) is 32.0 Å². The lowest BCUT2D eigenvalue weighted by molar-refractivity contribution is -0.122. The molecule has 0 radical (unpaired) electrons. The first-order valence-electron chi connectivity index (χ1n) is 8.31. The van der Waals surface area contributed by atoms with Crippen LogP contribution in [0.15, 0.2) is 47.1 Å². The number of hydrogen-bond acceptors (Lipinski definition) is 4. The molecule has 0 unspecified atom stereocenters. The minimum absolute atomic E-state index is 0.201. The topological polar surface area (TPSA) is 101 Å². The van der Waals surface area contributed by atoms with Crippen LogP contribution in [0.2, 0.25) is 0 Å². The van der Waals surface area contributed by atoms with Crippen LogP contribution in [-0.4, -0.2) is 29.4 Å². The molecule has 25 heavy (non-hydrogen) atoms. The van der Waals surface area contributed by atoms with Gasteiger partial charge in [-0.25, -0.2) is 4.79 Å². The predicted octanol–water partition coefficient (Wildman–Crippen LogP) is 2.05. The van der Waals surface area contributed by atoms with Crippen molar-refractivity contribution in [1.29, 1.82) is 0 Å². The summed E-state index contributed by atoms with van der Waals surface area (Å²) in [5.74, 6) is 0.416. The third-order valence-corrected chi connectivity index (χ3v) is 4.27. The molecule has 3 rings (SSSR count). The molecule has 7 heteroatoms. The molecule has 2 heterocycles. The van der Waals surface area contributed by atoms with Gasteiger partial charge in [-0.3, -0.25) is 9.69 Å². The minimum Gasteiger partial charge on any atom is -0.467 e. The number of nitrogens with one attached hydrogen (secondary N) is 2. The zero-order valence-electron chi connectivity index (χ0n) is 13.9. The Morgan fingerprint density at radius 3 is 2.92 bits per heavy atom. The molecule has 0 bridgehead atoms. The molecule has 132 valence electrons. The number of carbonyl (C=O) groups excluding carboxylic acids is 2. The van der Waals surface area contributed by atoms with Gasteiger partial charge in [-0.2, -0.15) is 0 Å². The summed E-state index contributed by atoms with van der Waals surface area (Å²) in [5.41, 5.74) is 7.18. The first-order chi connectivity index (χ1) is 12.1. The van der Waals surface area contributed by atoms with Crippen LogP contribution in [0.4, 0.5) is 10.5 Å². The number of anilines is 1. The van der Waals surface area contributed by atoms with E-state index in [0.717, 1.165) is 24.9 Å². The number of urea groups is 1. The Morgan fingerprint density at radius 1 is 1.28 bits per heavy atom. The van der Waals surface area contributed by atoms with E-state index in [2.05, 4.69) is 15.5 Å². The molecule has 1 saturated heterocycles. The number of amides is 3. The van der Waals surface area contributed by atoms with Crippen molar-refractivity contribution >= 4 is 17.6 Å². The van der Waals surface area contributed by atoms with Crippen LogP contribution in [0.1, 0.15) is 24.2 Å². The highest BCUT2D eigenvalue weighted by Gasteiger charge is 2.28. The second kappa shape index (κ2) is 7.85. The summed E-state index contributed by atoms with van der Waals surface area (Å²) in [6.45, 7) is 1.82. The predicted molar refractivity (Wildman–Crippen MR) is 93.6 cm³/mol. The second-order valence-corrected chi connectivity index (χ2v) is 6.12. The number of nitrogens with zero attached hydrogens (tertiary/aromatic N) is 1. The Balaban J connectivity index is 1.55. The number of primary amides is 1. The fourth-order valence-electron chi connectivity index (χ4n) is 3.08. The van der Waals surface area contributed by atoms with Gasteiger partial charge in [0.2, 0.25) is 5.91 Å². The number of furan rings is 1. The van der Waals surface area contributed by atoms with Gasteiger partial charge in [-0.15, -0.1) is 0 Å². The van der Waals surface area contributed by atoms with E-state index in [1.54, 1.807) is 18.4 Å². The van der Waals surface area contributed by atoms with Gasteiger partial charge in [-0.1, -0.05) is 12.1 Å². The molecule has 2 aromatic rings. The lowest BCUT2D eigenvalue weighted by atomic mass is 10.1. The molecular formula is C18H22N4O3. The summed E-state index contributed by atoms with van der Waals surface area (Å²) < 4.78 is 5.17. The molecule has 0 spiro atoms. The van der Waals surface area contributed by atoms with Crippen molar-refractivity contribution in [3.05, 3.63) is 54.0 Å². The smallest absolute Gasteiger partial charge is 0.319 e. The zero-order valence-corrected chi connectivity index (χ0v) is 13.9. The third-order valence-electron chi connectivity index (χ3n) is 4.27. The molecule has 7 nitrogen and oxygen atoms in total. The maximum atomic E-state index is 12.0. The van der Waals surface area contributed by atoms with Crippen LogP contribution in [0, 0.1) is 0 Å². The highest BCUT2D eigenvalue weighted by atomic mass is 16.3. The molecule has 0 saturated carbocycles. The van der Waals surface area contributed by atoms with E-state index in [9.17, 15) is 9.59 Å². The van der Waals surface area contributed by atoms with Crippen molar-refractivity contribution in [3.63, 3.8) is 0 Å². The van der Waals surface area contributed by atoms with E-state index in [4.69, 9.17) is 10.2 Å². The SMILES string of the molecule is NC(=O)[C@@H]1CCCN1Cc1cccc(NC(=O)NCc2ccco2)c1. The summed E-state index contributed by atoms with van der Waals surface area (Å²) in [6.07, 6.45) is 3.35. The van der Waals surface area contributed by atoms with E-state index in [1.165, 1.54) is 0 Å². The van der Waals surface area contributed by atoms with Gasteiger partial charge in [-0.05, 0) is 49.2 Å². The Labute approximate surface area is 146 Å². The van der Waals surface area contributed by atoms with Crippen LogP contribution in [0.3, 0.4) is 0 Å². The van der Waals surface area contributed by atoms with Crippen molar-refractivity contribution in [2.75, 3.05) is 11.9 Å². The lowest BCUT2D eigenvalue weighted by Crippen LogP contribution is -2.39. The van der Waals surface area contributed by atoms with Crippen molar-refractivity contribution in [1.82, 2.24) is 10.2 Å². The summed E-state index contributed by atoms with van der Waals surface area (Å²) >= 11 is 0. The molecule has 1 atom stereocenters. The fourth-order valence-corrected chi connectivity index (χ4v) is 3.08. The van der Waals surface area contributed by atoms with E-state index in [1.807, 2.05) is 24.3 Å². The van der Waals surface area contributed by atoms with E-state index >= 15 is 0 Å². The van der Waals surface area contributed by atoms with Crippen molar-refractivity contribution in [2.24, 2.45) is 5.73 Å². The summed E-state index contributed by atoms with van der Waals surface area (Å²) in [4.78, 5) is 25.5. The normalized spacial score (nSPS) is 17.4. The van der Waals surface area contributed by atoms with Gasteiger partial charge >= 0.3 is 6.03 Å². The number of hydrogen-bond donors (Lipinski definition) is 3. The average molecular weight is 342 g/mol. The largest absolute Gasteiger partial charge is 0.467 e. The number of nitrogens with two attached hydrogens (primary N) is 1. The monoisotopic (exact) mass is 342 g/mol. The molecule has 1 aliphatic heterocycles. The molecule has 1 aliphatic rings. The van der Waals surface area contributed by atoms with Gasteiger partial charge in [0.05, 0.1) is 18.8 Å². The number of likely N-dealkylation sites (tertiary alicyclic amines) is 1. The summed E-state index contributed by atoms with van der Waals surface area (Å²) in [6, 6.07) is 10.7. The van der Waals surface area contributed by atoms with E-state index < -0.39 is 0 Å². The highest BCUT2D eigenvalue weighted by molar-refractivity contribution is 5.89. The van der Waals surface area contributed by atoms with Crippen LogP contribution >= 0.6 is 0 Å². The summed E-state index contributed by atoms with van der Waals surface area (Å²) in [7, 11) is 0. The van der Waals surface area contributed by atoms with Crippen LogP contribution in [0.5, 0.6) is 0 Å². The summed E-state index contributed by atoms with van der Waals surface area (Å²) in [5, 5.41) is 5.53. The van der Waals surface area contributed by atoms with Crippen LogP contribution in [0.25, 0.3) is 0 Å². The maximum Gasteiger partial charge on any atom is 0.319 e. The first-order valence-corrected chi connectivity index (χ1v) is 8.31. The number of rotatable bonds is 6. The van der Waals surface area contributed by atoms with Crippen LogP contribution < -0.4 is 16.4 Å². The average Bonchev–Trinajstić information content (AvgIpc) is 3.24. The molecule has 1 aromatic carbocycles. The van der Waals surface area contributed by atoms with Crippen molar-refractivity contribution in [3.8, 4) is 0 Å². The van der Waals surface area contributed by atoms with E-state index in [-0.39, 0.29) is 18.0 Å². The molecule has 0 aliphatic carbocycles. The van der Waals surface area contributed by atoms with E-state index in [0.29, 0.717) is 24.5 Å². The van der Waals surface area contributed by atoms with Crippen LogP contribution in [-0.2, 0) is 17.9 Å². The Kier molecular flexibility index (Phi) is 5.35. The second-order valence-electron chi connectivity index (χ2n) is 6.12. The Hall–Kier alpha value is -2.80. The van der Waals surface area contributed by atoms with Gasteiger partial charge in [0.25, 0.3) is 0 Å². The quantitative estimate of drug-likeness (QED) is 0.748. The molecular weight excluding hydrogens is 320 g/mol. The molecule has 1 fully saturated rings. The minimum atomic E-state index is -0.301. The fraction of sp³-hybridized carbons (Fsp3) is 0.333. The molecule has 4 N–H and O–H groups in total. The highest BCUT2D eigenvalue weighted by Crippen LogP contribution is 2.21. The zero-order chi connectivity index (χ0) is 17.6. The van der Waals surface area contributed by atoms with Gasteiger partial charge in [0.1, 0.15) is 5.76 Å². The third kappa shape index (κ3) is 4.60. The lowest BCUT2D eigenvalue weighted by Gasteiger charge is -2.22. The number of benzene rings is 1. The number of carbonyl (C=O) groups is 2. The molecule has 3 amide bonds. The maximum absolute atomic E-state index is 12.0. The van der Waals surface area contributed by atoms with Gasteiger partial charge in [0.15, 0.2) is 0 Å². The Morgan fingerprint density at radius 2 is 2.16 bits per heavy atom. The standard InChI is InChI=1S/C18H22N4O3/c19-17(23)16-7-2-8-22(16)12-13-4-1-5-14(10-13)21-18(24)20-11-15-6-3-9-25-15/h1,3-6,9-10,16H,2,7-8,11-12H2,(H2,19,23)(H2,20,21,24)/t16-/m0/s1. The first kappa shape index (κ1) is 17.0. The Bertz CT molecular complexity index is 730. The molecule has 1 aromatic heterocycles. The van der Waals surface area contributed by atoms with Gasteiger partial charge in [0, 0.05) is 12.2 Å². The van der Waals surface area contributed by atoms with Crippen molar-refractivity contribution < 1.29 is 14.0 Å².